The maximum atomic E-state index is 13.0. The number of hydrogen-bond acceptors (Lipinski definition) is 3. The predicted octanol–water partition coefficient (Wildman–Crippen LogP) is 0.313. The summed E-state index contributed by atoms with van der Waals surface area (Å²) < 4.78 is 17.9. The van der Waals surface area contributed by atoms with Crippen LogP contribution >= 0.6 is 0 Å². The molecule has 0 atom stereocenters. The molecule has 82 valence electrons. The van der Waals surface area contributed by atoms with Gasteiger partial charge >= 0.3 is 0 Å². The van der Waals surface area contributed by atoms with Crippen molar-refractivity contribution in [2.75, 3.05) is 19.8 Å². The van der Waals surface area contributed by atoms with E-state index in [9.17, 15) is 9.18 Å². The molecule has 4 nitrogen and oxygen atoms in total. The van der Waals surface area contributed by atoms with Crippen molar-refractivity contribution in [1.29, 1.82) is 0 Å². The van der Waals surface area contributed by atoms with Gasteiger partial charge in [0.25, 0.3) is 5.91 Å². The van der Waals surface area contributed by atoms with Crippen molar-refractivity contribution in [3.05, 3.63) is 30.1 Å². The van der Waals surface area contributed by atoms with Crippen LogP contribution in [-0.4, -0.2) is 30.8 Å². The summed E-state index contributed by atoms with van der Waals surface area (Å²) in [6.07, 6.45) is 0. The number of ether oxygens (including phenoxy) is 1. The summed E-state index contributed by atoms with van der Waals surface area (Å²) in [5.41, 5.74) is 0. The Kier molecular flexibility index (Phi) is 4.56. The quantitative estimate of drug-likeness (QED) is 0.740. The van der Waals surface area contributed by atoms with E-state index in [1.165, 1.54) is 18.2 Å². The fourth-order valence-electron chi connectivity index (χ4n) is 0.951. The van der Waals surface area contributed by atoms with Gasteiger partial charge in [-0.3, -0.25) is 4.79 Å². The van der Waals surface area contributed by atoms with Crippen LogP contribution in [0, 0.1) is 5.82 Å². The van der Waals surface area contributed by atoms with Gasteiger partial charge in [0.1, 0.15) is 0 Å². The summed E-state index contributed by atoms with van der Waals surface area (Å²) >= 11 is 0. The number of rotatable bonds is 5. The molecule has 0 aliphatic rings. The maximum absolute atomic E-state index is 13.0. The molecule has 0 aromatic heterocycles. The number of carbonyl (C=O) groups excluding carboxylic acids is 1. The van der Waals surface area contributed by atoms with Crippen molar-refractivity contribution in [2.24, 2.45) is 0 Å². The number of nitrogens with one attached hydrogen (secondary N) is 1. The van der Waals surface area contributed by atoms with E-state index in [4.69, 9.17) is 9.84 Å². The number of aliphatic hydroxyl groups is 1. The highest BCUT2D eigenvalue weighted by molar-refractivity contribution is 5.77. The van der Waals surface area contributed by atoms with E-state index < -0.39 is 11.7 Å². The molecule has 1 rings (SSSR count). The van der Waals surface area contributed by atoms with E-state index in [-0.39, 0.29) is 25.5 Å². The molecule has 0 aliphatic carbocycles. The lowest BCUT2D eigenvalue weighted by molar-refractivity contribution is -0.123. The van der Waals surface area contributed by atoms with Crippen LogP contribution in [0.25, 0.3) is 0 Å². The van der Waals surface area contributed by atoms with Crippen LogP contribution in [0.1, 0.15) is 0 Å². The molecule has 0 saturated heterocycles. The Bertz CT molecular complexity index is 330. The first-order chi connectivity index (χ1) is 7.24. The number of aliphatic hydroxyl groups excluding tert-OH is 1. The summed E-state index contributed by atoms with van der Waals surface area (Å²) in [5, 5.41) is 10.8. The maximum Gasteiger partial charge on any atom is 0.258 e. The lowest BCUT2D eigenvalue weighted by atomic mass is 10.3. The fourth-order valence-corrected chi connectivity index (χ4v) is 0.951. The molecule has 15 heavy (non-hydrogen) atoms. The van der Waals surface area contributed by atoms with Crippen molar-refractivity contribution in [2.45, 2.75) is 0 Å². The average Bonchev–Trinajstić information content (AvgIpc) is 2.25. The third-order valence-corrected chi connectivity index (χ3v) is 1.63. The predicted molar refractivity (Wildman–Crippen MR) is 52.0 cm³/mol. The van der Waals surface area contributed by atoms with Gasteiger partial charge in [-0.1, -0.05) is 12.1 Å². The molecule has 1 aromatic rings. The molecule has 1 amide bonds. The largest absolute Gasteiger partial charge is 0.481 e. The minimum absolute atomic E-state index is 0.0386. The van der Waals surface area contributed by atoms with E-state index in [2.05, 4.69) is 5.32 Å². The molecule has 0 aliphatic heterocycles. The Labute approximate surface area is 86.7 Å². The first-order valence-corrected chi connectivity index (χ1v) is 4.49. The van der Waals surface area contributed by atoms with Crippen LogP contribution in [0.5, 0.6) is 5.75 Å². The van der Waals surface area contributed by atoms with Gasteiger partial charge in [0, 0.05) is 6.54 Å². The fraction of sp³-hybridized carbons (Fsp3) is 0.300. The molecule has 0 heterocycles. The van der Waals surface area contributed by atoms with E-state index in [0.29, 0.717) is 0 Å². The van der Waals surface area contributed by atoms with Crippen LogP contribution in [0.2, 0.25) is 0 Å². The van der Waals surface area contributed by atoms with Gasteiger partial charge in [-0.15, -0.1) is 0 Å². The SMILES string of the molecule is O=C(COc1ccccc1F)NCCO. The lowest BCUT2D eigenvalue weighted by Gasteiger charge is -2.06. The molecule has 0 radical (unpaired) electrons. The van der Waals surface area contributed by atoms with Gasteiger partial charge < -0.3 is 15.2 Å². The molecular formula is C10H12FNO3. The minimum atomic E-state index is -0.507. The Balaban J connectivity index is 2.37. The van der Waals surface area contributed by atoms with Crippen LogP contribution in [0.4, 0.5) is 4.39 Å². The summed E-state index contributed by atoms with van der Waals surface area (Å²) in [6.45, 7) is -0.230. The Morgan fingerprint density at radius 1 is 1.47 bits per heavy atom. The lowest BCUT2D eigenvalue weighted by Crippen LogP contribution is -2.31. The third-order valence-electron chi connectivity index (χ3n) is 1.63. The van der Waals surface area contributed by atoms with Gasteiger partial charge in [0.15, 0.2) is 18.2 Å². The highest BCUT2D eigenvalue weighted by atomic mass is 19.1. The Morgan fingerprint density at radius 2 is 2.20 bits per heavy atom. The van der Waals surface area contributed by atoms with E-state index in [0.717, 1.165) is 0 Å². The highest BCUT2D eigenvalue weighted by Crippen LogP contribution is 2.14. The second-order valence-corrected chi connectivity index (χ2v) is 2.79. The van der Waals surface area contributed by atoms with Crippen LogP contribution < -0.4 is 10.1 Å². The van der Waals surface area contributed by atoms with Crippen molar-refractivity contribution in [3.63, 3.8) is 0 Å². The highest BCUT2D eigenvalue weighted by Gasteiger charge is 2.04. The Hall–Kier alpha value is -1.62. The van der Waals surface area contributed by atoms with E-state index in [1.54, 1.807) is 6.07 Å². The van der Waals surface area contributed by atoms with E-state index in [1.807, 2.05) is 0 Å². The zero-order chi connectivity index (χ0) is 11.1. The second kappa shape index (κ2) is 5.98. The number of hydrogen-bond donors (Lipinski definition) is 2. The topological polar surface area (TPSA) is 58.6 Å². The zero-order valence-corrected chi connectivity index (χ0v) is 8.07. The van der Waals surface area contributed by atoms with Gasteiger partial charge in [-0.2, -0.15) is 0 Å². The molecule has 0 bridgehead atoms. The van der Waals surface area contributed by atoms with E-state index >= 15 is 0 Å². The van der Waals surface area contributed by atoms with Crippen molar-refractivity contribution >= 4 is 5.91 Å². The molecule has 2 N–H and O–H groups in total. The summed E-state index contributed by atoms with van der Waals surface area (Å²) in [5.74, 6) is -0.864. The van der Waals surface area contributed by atoms with Crippen LogP contribution in [0.3, 0.4) is 0 Å². The molecular weight excluding hydrogens is 201 g/mol. The van der Waals surface area contributed by atoms with Crippen LogP contribution in [-0.2, 0) is 4.79 Å². The normalized spacial score (nSPS) is 9.73. The standard InChI is InChI=1S/C10H12FNO3/c11-8-3-1-2-4-9(8)15-7-10(14)12-5-6-13/h1-4,13H,5-7H2,(H,12,14). The second-order valence-electron chi connectivity index (χ2n) is 2.79. The van der Waals surface area contributed by atoms with Crippen molar-refractivity contribution in [3.8, 4) is 5.75 Å². The number of halogens is 1. The molecule has 0 fully saturated rings. The molecule has 0 unspecified atom stereocenters. The monoisotopic (exact) mass is 213 g/mol. The average molecular weight is 213 g/mol. The van der Waals surface area contributed by atoms with Crippen molar-refractivity contribution < 1.29 is 19.0 Å². The number of amides is 1. The van der Waals surface area contributed by atoms with Gasteiger partial charge in [-0.05, 0) is 12.1 Å². The third kappa shape index (κ3) is 3.95. The summed E-state index contributed by atoms with van der Waals surface area (Å²) in [4.78, 5) is 11.0. The van der Waals surface area contributed by atoms with Gasteiger partial charge in [-0.25, -0.2) is 4.39 Å². The van der Waals surface area contributed by atoms with Crippen molar-refractivity contribution in [1.82, 2.24) is 5.32 Å². The number of benzene rings is 1. The number of carbonyl (C=O) groups is 1. The molecule has 1 aromatic carbocycles. The smallest absolute Gasteiger partial charge is 0.258 e. The summed E-state index contributed by atoms with van der Waals surface area (Å²) in [7, 11) is 0. The van der Waals surface area contributed by atoms with Gasteiger partial charge in [0.05, 0.1) is 6.61 Å². The first-order valence-electron chi connectivity index (χ1n) is 4.49. The van der Waals surface area contributed by atoms with Gasteiger partial charge in [0.2, 0.25) is 0 Å². The molecule has 0 saturated carbocycles. The van der Waals surface area contributed by atoms with Crippen LogP contribution in [0.15, 0.2) is 24.3 Å². The number of para-hydroxylation sites is 1. The minimum Gasteiger partial charge on any atom is -0.481 e. The first kappa shape index (κ1) is 11.5. The Morgan fingerprint density at radius 3 is 2.87 bits per heavy atom. The molecule has 5 heteroatoms. The summed E-state index contributed by atoms with van der Waals surface area (Å²) in [6, 6.07) is 5.84. The zero-order valence-electron chi connectivity index (χ0n) is 8.07. The molecule has 0 spiro atoms.